The van der Waals surface area contributed by atoms with Crippen molar-refractivity contribution >= 4 is 46.5 Å². The van der Waals surface area contributed by atoms with Gasteiger partial charge in [0.1, 0.15) is 23.9 Å². The third-order valence-electron chi connectivity index (χ3n) is 4.22. The van der Waals surface area contributed by atoms with Crippen molar-refractivity contribution in [2.75, 3.05) is 25.1 Å². The standard InChI is InChI=1S/C22H18F2N2O6S/c1-2-31-20(28)12-32-15-6-3-13(4-7-15)9-18-21(29)26(22(30)33-18)11-19(27)25-17-8-5-14(23)10-16(17)24/h3-10H,2,11-12H2,1H3,(H,25,27)/b18-9-. The van der Waals surface area contributed by atoms with Crippen LogP contribution < -0.4 is 10.1 Å². The van der Waals surface area contributed by atoms with Gasteiger partial charge in [-0.15, -0.1) is 0 Å². The molecule has 1 saturated heterocycles. The van der Waals surface area contributed by atoms with E-state index in [4.69, 9.17) is 9.47 Å². The molecule has 1 heterocycles. The Kier molecular flexibility index (Phi) is 7.78. The summed E-state index contributed by atoms with van der Waals surface area (Å²) in [6.07, 6.45) is 1.47. The highest BCUT2D eigenvalue weighted by Crippen LogP contribution is 2.32. The SMILES string of the molecule is CCOC(=O)COc1ccc(/C=C2\SC(=O)N(CC(=O)Nc3ccc(F)cc3F)C2=O)cc1. The van der Waals surface area contributed by atoms with Gasteiger partial charge >= 0.3 is 5.97 Å². The minimum atomic E-state index is -0.980. The minimum absolute atomic E-state index is 0.0981. The van der Waals surface area contributed by atoms with Crippen molar-refractivity contribution < 1.29 is 37.4 Å². The van der Waals surface area contributed by atoms with Crippen molar-refractivity contribution in [3.8, 4) is 5.75 Å². The Morgan fingerprint density at radius 3 is 2.52 bits per heavy atom. The Morgan fingerprint density at radius 2 is 1.85 bits per heavy atom. The molecule has 0 aromatic heterocycles. The van der Waals surface area contributed by atoms with E-state index in [1.54, 1.807) is 31.2 Å². The van der Waals surface area contributed by atoms with Crippen molar-refractivity contribution in [3.63, 3.8) is 0 Å². The van der Waals surface area contributed by atoms with Crippen molar-refractivity contribution in [2.45, 2.75) is 6.92 Å². The van der Waals surface area contributed by atoms with Crippen LogP contribution in [0.15, 0.2) is 47.4 Å². The third kappa shape index (κ3) is 6.39. The molecule has 2 aromatic rings. The van der Waals surface area contributed by atoms with Crippen LogP contribution in [0.3, 0.4) is 0 Å². The molecule has 0 saturated carbocycles. The van der Waals surface area contributed by atoms with E-state index in [-0.39, 0.29) is 23.8 Å². The van der Waals surface area contributed by atoms with Crippen LogP contribution in [0.1, 0.15) is 12.5 Å². The number of ether oxygens (including phenoxy) is 2. The predicted molar refractivity (Wildman–Crippen MR) is 116 cm³/mol. The van der Waals surface area contributed by atoms with Crippen molar-refractivity contribution in [1.82, 2.24) is 4.90 Å². The van der Waals surface area contributed by atoms with E-state index in [2.05, 4.69) is 5.32 Å². The zero-order chi connectivity index (χ0) is 24.0. The molecule has 172 valence electrons. The number of imide groups is 1. The second-order valence-corrected chi connectivity index (χ2v) is 7.60. The number of benzene rings is 2. The van der Waals surface area contributed by atoms with Crippen LogP contribution in [0.4, 0.5) is 19.3 Å². The van der Waals surface area contributed by atoms with Crippen LogP contribution in [0.25, 0.3) is 6.08 Å². The number of thioether (sulfide) groups is 1. The first-order valence-corrected chi connectivity index (χ1v) is 10.5. The number of nitrogens with zero attached hydrogens (tertiary/aromatic N) is 1. The topological polar surface area (TPSA) is 102 Å². The quantitative estimate of drug-likeness (QED) is 0.459. The number of rotatable bonds is 8. The predicted octanol–water partition coefficient (Wildman–Crippen LogP) is 3.58. The molecule has 2 aromatic carbocycles. The Bertz CT molecular complexity index is 1120. The molecular weight excluding hydrogens is 458 g/mol. The molecule has 0 unspecified atom stereocenters. The van der Waals surface area contributed by atoms with Gasteiger partial charge in [-0.05, 0) is 54.6 Å². The first-order chi connectivity index (χ1) is 15.8. The molecular formula is C22H18F2N2O6S. The molecule has 3 rings (SSSR count). The number of halogens is 2. The van der Waals surface area contributed by atoms with Gasteiger partial charge < -0.3 is 14.8 Å². The Balaban J connectivity index is 1.60. The molecule has 1 N–H and O–H groups in total. The van der Waals surface area contributed by atoms with Crippen LogP contribution in [0.5, 0.6) is 5.75 Å². The second kappa shape index (κ2) is 10.7. The van der Waals surface area contributed by atoms with Crippen LogP contribution in [-0.2, 0) is 19.1 Å². The summed E-state index contributed by atoms with van der Waals surface area (Å²) in [5, 5.41) is 1.54. The average molecular weight is 476 g/mol. The van der Waals surface area contributed by atoms with Crippen molar-refractivity contribution in [3.05, 3.63) is 64.6 Å². The molecule has 8 nitrogen and oxygen atoms in total. The van der Waals surface area contributed by atoms with Crippen molar-refractivity contribution in [1.29, 1.82) is 0 Å². The maximum Gasteiger partial charge on any atom is 0.344 e. The van der Waals surface area contributed by atoms with Gasteiger partial charge in [-0.25, -0.2) is 13.6 Å². The van der Waals surface area contributed by atoms with Gasteiger partial charge in [-0.3, -0.25) is 19.3 Å². The first-order valence-electron chi connectivity index (χ1n) is 9.65. The number of anilines is 1. The fourth-order valence-electron chi connectivity index (χ4n) is 2.72. The molecule has 3 amide bonds. The van der Waals surface area contributed by atoms with Crippen LogP contribution >= 0.6 is 11.8 Å². The van der Waals surface area contributed by atoms with Gasteiger partial charge in [0.05, 0.1) is 17.2 Å². The summed E-state index contributed by atoms with van der Waals surface area (Å²) in [4.78, 5) is 49.1. The fourth-order valence-corrected chi connectivity index (χ4v) is 3.56. The second-order valence-electron chi connectivity index (χ2n) is 6.60. The molecule has 1 aliphatic heterocycles. The summed E-state index contributed by atoms with van der Waals surface area (Å²) < 4.78 is 36.7. The van der Waals surface area contributed by atoms with E-state index in [1.165, 1.54) is 6.08 Å². The lowest BCUT2D eigenvalue weighted by Gasteiger charge is -2.12. The van der Waals surface area contributed by atoms with E-state index in [0.717, 1.165) is 17.0 Å². The molecule has 1 aliphatic rings. The van der Waals surface area contributed by atoms with Gasteiger partial charge in [0.25, 0.3) is 11.1 Å². The monoisotopic (exact) mass is 476 g/mol. The number of carbonyl (C=O) groups excluding carboxylic acids is 4. The number of carbonyl (C=O) groups is 4. The summed E-state index contributed by atoms with van der Waals surface area (Å²) in [5.74, 6) is -3.36. The van der Waals surface area contributed by atoms with E-state index in [9.17, 15) is 28.0 Å². The maximum atomic E-state index is 13.7. The molecule has 0 bridgehead atoms. The largest absolute Gasteiger partial charge is 0.482 e. The average Bonchev–Trinajstić information content (AvgIpc) is 3.03. The van der Waals surface area contributed by atoms with E-state index in [0.29, 0.717) is 29.1 Å². The number of hydrogen-bond donors (Lipinski definition) is 1. The summed E-state index contributed by atoms with van der Waals surface area (Å²) in [5.41, 5.74) is 0.316. The third-order valence-corrected chi connectivity index (χ3v) is 5.13. The van der Waals surface area contributed by atoms with Crippen LogP contribution in [0, 0.1) is 11.6 Å². The lowest BCUT2D eigenvalue weighted by Crippen LogP contribution is -2.36. The summed E-state index contributed by atoms with van der Waals surface area (Å²) >= 11 is 0.656. The highest BCUT2D eigenvalue weighted by molar-refractivity contribution is 8.18. The maximum absolute atomic E-state index is 13.7. The van der Waals surface area contributed by atoms with Gasteiger partial charge in [-0.2, -0.15) is 0 Å². The van der Waals surface area contributed by atoms with Gasteiger partial charge in [0.2, 0.25) is 5.91 Å². The highest BCUT2D eigenvalue weighted by atomic mass is 32.2. The van der Waals surface area contributed by atoms with E-state index < -0.39 is 41.2 Å². The number of hydrogen-bond acceptors (Lipinski definition) is 7. The Morgan fingerprint density at radius 1 is 1.12 bits per heavy atom. The molecule has 0 radical (unpaired) electrons. The fraction of sp³-hybridized carbons (Fsp3) is 0.182. The molecule has 0 aliphatic carbocycles. The number of esters is 1. The molecule has 11 heteroatoms. The highest BCUT2D eigenvalue weighted by Gasteiger charge is 2.36. The molecule has 1 fully saturated rings. The zero-order valence-electron chi connectivity index (χ0n) is 17.3. The summed E-state index contributed by atoms with van der Waals surface area (Å²) in [6, 6.07) is 9.02. The minimum Gasteiger partial charge on any atom is -0.482 e. The van der Waals surface area contributed by atoms with Gasteiger partial charge in [0, 0.05) is 6.07 Å². The smallest absolute Gasteiger partial charge is 0.344 e. The van der Waals surface area contributed by atoms with Crippen LogP contribution in [0.2, 0.25) is 0 Å². The van der Waals surface area contributed by atoms with E-state index in [1.807, 2.05) is 0 Å². The lowest BCUT2D eigenvalue weighted by molar-refractivity contribution is -0.145. The normalized spacial score (nSPS) is 14.5. The Hall–Kier alpha value is -3.73. The van der Waals surface area contributed by atoms with Crippen LogP contribution in [-0.4, -0.2) is 47.7 Å². The molecule has 33 heavy (non-hydrogen) atoms. The van der Waals surface area contributed by atoms with Gasteiger partial charge in [0.15, 0.2) is 6.61 Å². The Labute approximate surface area is 191 Å². The number of nitrogens with one attached hydrogen (secondary N) is 1. The molecule has 0 atom stereocenters. The summed E-state index contributed by atoms with van der Waals surface area (Å²) in [7, 11) is 0. The number of amides is 3. The summed E-state index contributed by atoms with van der Waals surface area (Å²) in [6.45, 7) is 1.07. The van der Waals surface area contributed by atoms with Gasteiger partial charge in [-0.1, -0.05) is 12.1 Å². The first kappa shape index (κ1) is 23.9. The lowest BCUT2D eigenvalue weighted by atomic mass is 10.2. The molecule has 0 spiro atoms. The van der Waals surface area contributed by atoms with Crippen molar-refractivity contribution in [2.24, 2.45) is 0 Å². The zero-order valence-corrected chi connectivity index (χ0v) is 18.1. The van der Waals surface area contributed by atoms with E-state index >= 15 is 0 Å².